The molecule has 4 heteroatoms. The molecule has 114 valence electrons. The lowest BCUT2D eigenvalue weighted by atomic mass is 9.84. The molecule has 0 aromatic carbocycles. The van der Waals surface area contributed by atoms with Crippen molar-refractivity contribution in [3.63, 3.8) is 0 Å². The molecule has 1 atom stereocenters. The van der Waals surface area contributed by atoms with Gasteiger partial charge in [-0.3, -0.25) is 4.89 Å². The summed E-state index contributed by atoms with van der Waals surface area (Å²) < 4.78 is 0. The molecule has 0 aliphatic rings. The van der Waals surface area contributed by atoms with Crippen molar-refractivity contribution in [3.05, 3.63) is 0 Å². The fourth-order valence-electron chi connectivity index (χ4n) is 2.23. The van der Waals surface area contributed by atoms with Crippen molar-refractivity contribution in [1.82, 2.24) is 0 Å². The van der Waals surface area contributed by atoms with Crippen LogP contribution in [0.1, 0.15) is 74.1 Å². The normalized spacial score (nSPS) is 14.3. The van der Waals surface area contributed by atoms with Crippen molar-refractivity contribution in [2.75, 3.05) is 0 Å². The predicted octanol–water partition coefficient (Wildman–Crippen LogP) is 4.43. The monoisotopic (exact) mass is 274 g/mol. The second kappa shape index (κ2) is 7.85. The summed E-state index contributed by atoms with van der Waals surface area (Å²) in [5, 5.41) is 4.59. The minimum Gasteiger partial charge on any atom is -0.269 e. The van der Waals surface area contributed by atoms with E-state index >= 15 is 0 Å². The van der Waals surface area contributed by atoms with Crippen LogP contribution in [0.4, 0.5) is 0 Å². The molecule has 0 heterocycles. The van der Waals surface area contributed by atoms with Gasteiger partial charge in [-0.15, -0.1) is 0 Å². The Labute approximate surface area is 117 Å². The molecule has 0 aromatic rings. The average Bonchev–Trinajstić information content (AvgIpc) is 2.12. The standard InChI is InChI=1S/C15H30O4/c1-8-9-15(6,7)18-19-17-13(16)10-12(2)11-14(3,4)5/h12H,8-11H2,1-7H3. The summed E-state index contributed by atoms with van der Waals surface area (Å²) in [5.74, 6) is -0.121. The molecule has 0 saturated heterocycles. The molecule has 0 rings (SSSR count). The summed E-state index contributed by atoms with van der Waals surface area (Å²) in [7, 11) is 0. The van der Waals surface area contributed by atoms with E-state index in [9.17, 15) is 4.79 Å². The number of carbonyl (C=O) groups is 1. The maximum atomic E-state index is 11.6. The maximum absolute atomic E-state index is 11.6. The highest BCUT2D eigenvalue weighted by molar-refractivity contribution is 5.68. The third-order valence-electron chi connectivity index (χ3n) is 2.71. The summed E-state index contributed by atoms with van der Waals surface area (Å²) >= 11 is 0. The van der Waals surface area contributed by atoms with Crippen molar-refractivity contribution >= 4 is 5.97 Å². The van der Waals surface area contributed by atoms with Crippen LogP contribution in [-0.4, -0.2) is 11.6 Å². The third-order valence-corrected chi connectivity index (χ3v) is 2.71. The van der Waals surface area contributed by atoms with Crippen LogP contribution >= 0.6 is 0 Å². The van der Waals surface area contributed by atoms with Gasteiger partial charge < -0.3 is 0 Å². The van der Waals surface area contributed by atoms with E-state index in [0.717, 1.165) is 19.3 Å². The zero-order chi connectivity index (χ0) is 15.1. The van der Waals surface area contributed by atoms with Crippen LogP contribution in [0, 0.1) is 11.3 Å². The summed E-state index contributed by atoms with van der Waals surface area (Å²) in [6, 6.07) is 0. The molecule has 0 saturated carbocycles. The van der Waals surface area contributed by atoms with E-state index in [0.29, 0.717) is 6.42 Å². The number of carbonyl (C=O) groups excluding carboxylic acids is 1. The highest BCUT2D eigenvalue weighted by Gasteiger charge is 2.22. The van der Waals surface area contributed by atoms with Gasteiger partial charge in [-0.05, 0) is 43.1 Å². The van der Waals surface area contributed by atoms with Crippen molar-refractivity contribution < 1.29 is 19.6 Å². The van der Waals surface area contributed by atoms with Gasteiger partial charge >= 0.3 is 5.97 Å². The highest BCUT2D eigenvalue weighted by atomic mass is 17.5. The third kappa shape index (κ3) is 11.0. The van der Waals surface area contributed by atoms with Crippen molar-refractivity contribution in [2.24, 2.45) is 11.3 Å². The van der Waals surface area contributed by atoms with Gasteiger partial charge in [0.15, 0.2) is 0 Å². The number of hydrogen-bond acceptors (Lipinski definition) is 4. The van der Waals surface area contributed by atoms with Gasteiger partial charge in [0, 0.05) is 0 Å². The summed E-state index contributed by atoms with van der Waals surface area (Å²) in [5.41, 5.74) is -0.230. The number of rotatable bonds is 8. The van der Waals surface area contributed by atoms with Gasteiger partial charge in [-0.1, -0.05) is 41.0 Å². The first kappa shape index (κ1) is 18.4. The van der Waals surface area contributed by atoms with E-state index < -0.39 is 5.60 Å². The van der Waals surface area contributed by atoms with E-state index in [-0.39, 0.29) is 17.3 Å². The maximum Gasteiger partial charge on any atom is 0.345 e. The van der Waals surface area contributed by atoms with Crippen molar-refractivity contribution in [1.29, 1.82) is 0 Å². The Kier molecular flexibility index (Phi) is 7.60. The van der Waals surface area contributed by atoms with E-state index in [1.165, 1.54) is 0 Å². The molecular weight excluding hydrogens is 244 g/mol. The van der Waals surface area contributed by atoms with Crippen LogP contribution in [-0.2, 0) is 19.6 Å². The second-order valence-corrected chi connectivity index (χ2v) is 7.19. The molecule has 0 bridgehead atoms. The molecule has 1 unspecified atom stereocenters. The van der Waals surface area contributed by atoms with Crippen LogP contribution in [0.5, 0.6) is 0 Å². The van der Waals surface area contributed by atoms with E-state index in [2.05, 4.69) is 37.6 Å². The minimum absolute atomic E-state index is 0.209. The van der Waals surface area contributed by atoms with Gasteiger partial charge in [0.1, 0.15) is 5.60 Å². The molecule has 0 N–H and O–H groups in total. The predicted molar refractivity (Wildman–Crippen MR) is 75.1 cm³/mol. The molecule has 0 fully saturated rings. The first-order valence-electron chi connectivity index (χ1n) is 7.11. The van der Waals surface area contributed by atoms with E-state index in [1.807, 2.05) is 20.8 Å². The fraction of sp³-hybridized carbons (Fsp3) is 0.933. The van der Waals surface area contributed by atoms with Crippen molar-refractivity contribution in [2.45, 2.75) is 79.8 Å². The van der Waals surface area contributed by atoms with Crippen LogP contribution in [0.25, 0.3) is 0 Å². The molecule has 0 radical (unpaired) electrons. The molecule has 19 heavy (non-hydrogen) atoms. The van der Waals surface area contributed by atoms with Crippen LogP contribution in [0.3, 0.4) is 0 Å². The minimum atomic E-state index is -0.438. The van der Waals surface area contributed by atoms with Crippen LogP contribution < -0.4 is 0 Å². The molecule has 0 amide bonds. The smallest absolute Gasteiger partial charge is 0.269 e. The van der Waals surface area contributed by atoms with Gasteiger partial charge in [0.2, 0.25) is 0 Å². The van der Waals surface area contributed by atoms with E-state index in [1.54, 1.807) is 0 Å². The topological polar surface area (TPSA) is 44.8 Å². The Morgan fingerprint density at radius 3 is 2.21 bits per heavy atom. The fourth-order valence-corrected chi connectivity index (χ4v) is 2.23. The molecule has 0 aliphatic heterocycles. The molecule has 0 aromatic heterocycles. The lowest BCUT2D eigenvalue weighted by molar-refractivity contribution is -0.517. The van der Waals surface area contributed by atoms with Gasteiger partial charge in [0.05, 0.1) is 6.42 Å². The Morgan fingerprint density at radius 2 is 1.74 bits per heavy atom. The Balaban J connectivity index is 3.88. The molecule has 0 spiro atoms. The van der Waals surface area contributed by atoms with Gasteiger partial charge in [-0.2, -0.15) is 4.89 Å². The highest BCUT2D eigenvalue weighted by Crippen LogP contribution is 2.26. The number of hydrogen-bond donors (Lipinski definition) is 0. The first-order chi connectivity index (χ1) is 8.56. The summed E-state index contributed by atoms with van der Waals surface area (Å²) in [6.45, 7) is 14.4. The SMILES string of the molecule is CCCC(C)(C)OOOC(=O)CC(C)CC(C)(C)C. The van der Waals surface area contributed by atoms with Crippen molar-refractivity contribution in [3.8, 4) is 0 Å². The van der Waals surface area contributed by atoms with Gasteiger partial charge in [-0.25, -0.2) is 4.79 Å². The molecule has 0 aliphatic carbocycles. The van der Waals surface area contributed by atoms with E-state index in [4.69, 9.17) is 4.89 Å². The van der Waals surface area contributed by atoms with Gasteiger partial charge in [0.25, 0.3) is 0 Å². The Bertz CT molecular complexity index is 266. The van der Waals surface area contributed by atoms with Crippen LogP contribution in [0.2, 0.25) is 0 Å². The summed E-state index contributed by atoms with van der Waals surface area (Å²) in [4.78, 5) is 21.3. The zero-order valence-electron chi connectivity index (χ0n) is 13.5. The largest absolute Gasteiger partial charge is 0.345 e. The first-order valence-corrected chi connectivity index (χ1v) is 7.11. The summed E-state index contributed by atoms with van der Waals surface area (Å²) in [6.07, 6.45) is 3.12. The quantitative estimate of drug-likeness (QED) is 0.485. The Morgan fingerprint density at radius 1 is 1.16 bits per heavy atom. The lowest BCUT2D eigenvalue weighted by Crippen LogP contribution is -2.25. The molecular formula is C15H30O4. The molecule has 4 nitrogen and oxygen atoms in total. The average molecular weight is 274 g/mol. The Hall–Kier alpha value is -0.610. The van der Waals surface area contributed by atoms with Crippen LogP contribution in [0.15, 0.2) is 0 Å². The second-order valence-electron chi connectivity index (χ2n) is 7.19. The zero-order valence-corrected chi connectivity index (χ0v) is 13.5. The lowest BCUT2D eigenvalue weighted by Gasteiger charge is -2.23.